The number of likely N-dealkylation sites (N-methyl/N-ethyl adjacent to an activating group) is 1. The van der Waals surface area contributed by atoms with Crippen molar-refractivity contribution in [2.75, 3.05) is 37.6 Å². The first kappa shape index (κ1) is 21.0. The average Bonchev–Trinajstić information content (AvgIpc) is 3.18. The smallest absolute Gasteiger partial charge is 0.220 e. The van der Waals surface area contributed by atoms with E-state index in [9.17, 15) is 4.79 Å². The monoisotopic (exact) mass is 387 g/mol. The average molecular weight is 388 g/mol. The third-order valence-corrected chi connectivity index (χ3v) is 6.40. The molecule has 6 nitrogen and oxygen atoms in total. The van der Waals surface area contributed by atoms with Crippen LogP contribution in [0, 0.1) is 12.8 Å². The van der Waals surface area contributed by atoms with E-state index in [1.807, 2.05) is 6.92 Å². The molecule has 0 saturated carbocycles. The molecule has 1 atom stereocenters. The largest absolute Gasteiger partial charge is 0.356 e. The van der Waals surface area contributed by atoms with Crippen LogP contribution in [-0.4, -0.2) is 59.5 Å². The van der Waals surface area contributed by atoms with Crippen LogP contribution in [0.4, 0.5) is 5.82 Å². The Balaban J connectivity index is 1.37. The van der Waals surface area contributed by atoms with Gasteiger partial charge >= 0.3 is 0 Å². The summed E-state index contributed by atoms with van der Waals surface area (Å²) in [5.74, 6) is 2.80. The number of nitrogens with one attached hydrogen (secondary N) is 1. The fourth-order valence-electron chi connectivity index (χ4n) is 4.60. The molecule has 1 aromatic heterocycles. The van der Waals surface area contributed by atoms with Crippen molar-refractivity contribution in [3.63, 3.8) is 0 Å². The molecule has 0 radical (unpaired) electrons. The van der Waals surface area contributed by atoms with Crippen LogP contribution in [0.5, 0.6) is 0 Å². The zero-order valence-corrected chi connectivity index (χ0v) is 17.9. The second-order valence-electron chi connectivity index (χ2n) is 8.32. The van der Waals surface area contributed by atoms with Crippen LogP contribution < -0.4 is 10.2 Å². The zero-order chi connectivity index (χ0) is 19.9. The topological polar surface area (TPSA) is 61.4 Å². The minimum atomic E-state index is 0.226. The van der Waals surface area contributed by atoms with E-state index < -0.39 is 0 Å². The number of hydrogen-bond acceptors (Lipinski definition) is 5. The predicted octanol–water partition coefficient (Wildman–Crippen LogP) is 2.94. The van der Waals surface area contributed by atoms with Crippen molar-refractivity contribution >= 4 is 11.7 Å². The van der Waals surface area contributed by atoms with Gasteiger partial charge in [0.2, 0.25) is 5.91 Å². The molecule has 1 N–H and O–H groups in total. The maximum absolute atomic E-state index is 12.3. The molecule has 0 aliphatic carbocycles. The van der Waals surface area contributed by atoms with Gasteiger partial charge in [0.25, 0.3) is 0 Å². The van der Waals surface area contributed by atoms with Crippen molar-refractivity contribution in [1.29, 1.82) is 0 Å². The van der Waals surface area contributed by atoms with Crippen molar-refractivity contribution in [3.8, 4) is 0 Å². The van der Waals surface area contributed by atoms with E-state index in [0.29, 0.717) is 18.4 Å². The van der Waals surface area contributed by atoms with Crippen LogP contribution in [0.3, 0.4) is 0 Å². The van der Waals surface area contributed by atoms with Crippen molar-refractivity contribution in [1.82, 2.24) is 20.2 Å². The number of anilines is 1. The summed E-state index contributed by atoms with van der Waals surface area (Å²) in [4.78, 5) is 26.2. The van der Waals surface area contributed by atoms with Gasteiger partial charge in [-0.2, -0.15) is 0 Å². The summed E-state index contributed by atoms with van der Waals surface area (Å²) in [7, 11) is 0. The van der Waals surface area contributed by atoms with Crippen molar-refractivity contribution in [2.24, 2.45) is 5.92 Å². The van der Waals surface area contributed by atoms with Gasteiger partial charge in [0.15, 0.2) is 0 Å². The molecule has 28 heavy (non-hydrogen) atoms. The fraction of sp³-hybridized carbons (Fsp3) is 0.773. The summed E-state index contributed by atoms with van der Waals surface area (Å²) in [6.07, 6.45) is 7.38. The van der Waals surface area contributed by atoms with Crippen molar-refractivity contribution in [2.45, 2.75) is 71.8 Å². The highest BCUT2D eigenvalue weighted by molar-refractivity contribution is 5.75. The van der Waals surface area contributed by atoms with Crippen molar-refractivity contribution < 1.29 is 4.79 Å². The Hall–Kier alpha value is -1.69. The molecule has 6 heteroatoms. The molecule has 2 fully saturated rings. The highest BCUT2D eigenvalue weighted by atomic mass is 16.1. The first-order valence-electron chi connectivity index (χ1n) is 11.2. The molecule has 0 aromatic carbocycles. The zero-order valence-electron chi connectivity index (χ0n) is 17.9. The number of rotatable bonds is 8. The van der Waals surface area contributed by atoms with E-state index in [0.717, 1.165) is 69.2 Å². The number of hydrogen-bond donors (Lipinski definition) is 1. The van der Waals surface area contributed by atoms with Gasteiger partial charge in [-0.05, 0) is 64.5 Å². The highest BCUT2D eigenvalue weighted by Gasteiger charge is 2.24. The molecule has 0 spiro atoms. The van der Waals surface area contributed by atoms with Gasteiger partial charge < -0.3 is 10.2 Å². The molecule has 1 aromatic rings. The summed E-state index contributed by atoms with van der Waals surface area (Å²) in [6.45, 7) is 11.5. The third-order valence-electron chi connectivity index (χ3n) is 6.40. The molecule has 156 valence electrons. The summed E-state index contributed by atoms with van der Waals surface area (Å²) >= 11 is 0. The molecule has 2 saturated heterocycles. The lowest BCUT2D eigenvalue weighted by atomic mass is 9.92. The van der Waals surface area contributed by atoms with Gasteiger partial charge in [-0.15, -0.1) is 0 Å². The Bertz CT molecular complexity index is 642. The van der Waals surface area contributed by atoms with Gasteiger partial charge in [-0.1, -0.05) is 13.8 Å². The Labute approximate surface area is 170 Å². The Morgan fingerprint density at radius 2 is 1.96 bits per heavy atom. The summed E-state index contributed by atoms with van der Waals surface area (Å²) in [5, 5.41) is 3.17. The molecule has 0 unspecified atom stereocenters. The number of carbonyl (C=O) groups excluding carboxylic acids is 1. The van der Waals surface area contributed by atoms with Gasteiger partial charge in [0.05, 0.1) is 0 Å². The minimum absolute atomic E-state index is 0.226. The lowest BCUT2D eigenvalue weighted by Gasteiger charge is -2.33. The molecule has 0 bridgehead atoms. The predicted molar refractivity (Wildman–Crippen MR) is 114 cm³/mol. The van der Waals surface area contributed by atoms with Gasteiger partial charge in [-0.3, -0.25) is 9.69 Å². The lowest BCUT2D eigenvalue weighted by Crippen LogP contribution is -2.40. The molecule has 3 rings (SSSR count). The van der Waals surface area contributed by atoms with E-state index in [4.69, 9.17) is 0 Å². The number of amides is 1. The second-order valence-corrected chi connectivity index (χ2v) is 8.32. The first-order valence-corrected chi connectivity index (χ1v) is 11.2. The minimum Gasteiger partial charge on any atom is -0.356 e. The SMILES string of the molecule is CCc1cc(N2CCC(CCC(=O)NC[C@H]3CCCN3CC)CC2)nc(C)n1. The van der Waals surface area contributed by atoms with E-state index in [2.05, 4.69) is 45.0 Å². The van der Waals surface area contributed by atoms with Crippen LogP contribution in [0.2, 0.25) is 0 Å². The Morgan fingerprint density at radius 1 is 1.18 bits per heavy atom. The molecular weight excluding hydrogens is 350 g/mol. The highest BCUT2D eigenvalue weighted by Crippen LogP contribution is 2.25. The van der Waals surface area contributed by atoms with E-state index >= 15 is 0 Å². The Morgan fingerprint density at radius 3 is 2.68 bits per heavy atom. The summed E-state index contributed by atoms with van der Waals surface area (Å²) in [6, 6.07) is 2.67. The maximum Gasteiger partial charge on any atom is 0.220 e. The van der Waals surface area contributed by atoms with E-state index in [-0.39, 0.29) is 5.91 Å². The van der Waals surface area contributed by atoms with Crippen LogP contribution in [0.1, 0.15) is 63.9 Å². The summed E-state index contributed by atoms with van der Waals surface area (Å²) in [5.41, 5.74) is 1.12. The number of aromatic nitrogens is 2. The number of piperidine rings is 1. The summed E-state index contributed by atoms with van der Waals surface area (Å²) < 4.78 is 0. The number of carbonyl (C=O) groups is 1. The molecule has 2 aliphatic rings. The maximum atomic E-state index is 12.3. The quantitative estimate of drug-likeness (QED) is 0.743. The van der Waals surface area contributed by atoms with Crippen LogP contribution in [-0.2, 0) is 11.2 Å². The Kier molecular flexibility index (Phi) is 7.65. The molecule has 3 heterocycles. The third kappa shape index (κ3) is 5.66. The van der Waals surface area contributed by atoms with Gasteiger partial charge in [0, 0.05) is 43.9 Å². The van der Waals surface area contributed by atoms with Crippen LogP contribution >= 0.6 is 0 Å². The van der Waals surface area contributed by atoms with E-state index in [1.54, 1.807) is 0 Å². The fourth-order valence-corrected chi connectivity index (χ4v) is 4.60. The van der Waals surface area contributed by atoms with Gasteiger partial charge in [-0.25, -0.2) is 9.97 Å². The molecular formula is C22H37N5O. The lowest BCUT2D eigenvalue weighted by molar-refractivity contribution is -0.121. The van der Waals surface area contributed by atoms with Crippen molar-refractivity contribution in [3.05, 3.63) is 17.6 Å². The van der Waals surface area contributed by atoms with Crippen LogP contribution in [0.15, 0.2) is 6.07 Å². The van der Waals surface area contributed by atoms with Crippen LogP contribution in [0.25, 0.3) is 0 Å². The molecule has 2 aliphatic heterocycles. The van der Waals surface area contributed by atoms with Gasteiger partial charge in [0.1, 0.15) is 11.6 Å². The molecule has 1 amide bonds. The normalized spacial score (nSPS) is 21.2. The second kappa shape index (κ2) is 10.2. The first-order chi connectivity index (χ1) is 13.6. The number of nitrogens with zero attached hydrogens (tertiary/aromatic N) is 4. The number of likely N-dealkylation sites (tertiary alicyclic amines) is 1. The number of aryl methyl sites for hydroxylation is 2. The van der Waals surface area contributed by atoms with E-state index in [1.165, 1.54) is 19.4 Å². The standard InChI is InChI=1S/C22H37N5O/c1-4-19-15-21(25-17(3)24-19)27-13-10-18(11-14-27)8-9-22(28)23-16-20-7-6-12-26(20)5-2/h15,18,20H,4-14,16H2,1-3H3,(H,23,28)/t20-/m1/s1.